The minimum absolute atomic E-state index is 0.382. The second kappa shape index (κ2) is 4.93. The van der Waals surface area contributed by atoms with Gasteiger partial charge in [-0.1, -0.05) is 6.07 Å². The molecule has 0 spiro atoms. The maximum atomic E-state index is 13.6. The third-order valence-corrected chi connectivity index (χ3v) is 3.30. The molecule has 1 aliphatic rings. The van der Waals surface area contributed by atoms with Crippen molar-refractivity contribution in [1.29, 1.82) is 0 Å². The molecule has 0 radical (unpaired) electrons. The molecular formula is C12H14FN3O3. The average Bonchev–Trinajstić information content (AvgIpc) is 2.79. The minimum Gasteiger partial charge on any atom is -0.316 e. The average molecular weight is 267 g/mol. The largest absolute Gasteiger partial charge is 0.316 e. The number of nitro groups is 1. The maximum absolute atomic E-state index is 13.6. The number of amides is 1. The van der Waals surface area contributed by atoms with Crippen LogP contribution in [0.4, 0.5) is 15.8 Å². The highest BCUT2D eigenvalue weighted by Gasteiger charge is 2.37. The quantitative estimate of drug-likeness (QED) is 0.646. The van der Waals surface area contributed by atoms with Gasteiger partial charge in [0.2, 0.25) is 5.91 Å². The number of halogens is 1. The van der Waals surface area contributed by atoms with Gasteiger partial charge in [-0.3, -0.25) is 14.9 Å². The van der Waals surface area contributed by atoms with E-state index in [0.717, 1.165) is 18.6 Å². The molecule has 1 unspecified atom stereocenters. The predicted octanol–water partition coefficient (Wildman–Crippen LogP) is 1.81. The van der Waals surface area contributed by atoms with Gasteiger partial charge < -0.3 is 10.6 Å². The van der Waals surface area contributed by atoms with Crippen molar-refractivity contribution in [2.24, 2.45) is 0 Å². The van der Waals surface area contributed by atoms with E-state index in [1.165, 1.54) is 6.07 Å². The van der Waals surface area contributed by atoms with Crippen LogP contribution in [0.3, 0.4) is 0 Å². The van der Waals surface area contributed by atoms with E-state index >= 15 is 0 Å². The van der Waals surface area contributed by atoms with Crippen LogP contribution in [-0.4, -0.2) is 22.9 Å². The molecule has 102 valence electrons. The Morgan fingerprint density at radius 3 is 2.89 bits per heavy atom. The Bertz CT molecular complexity index is 527. The Hall–Kier alpha value is -2.02. The summed E-state index contributed by atoms with van der Waals surface area (Å²) >= 11 is 0. The number of hydrogen-bond acceptors (Lipinski definition) is 4. The fourth-order valence-corrected chi connectivity index (χ4v) is 2.13. The molecule has 19 heavy (non-hydrogen) atoms. The normalized spacial score (nSPS) is 22.2. The van der Waals surface area contributed by atoms with Gasteiger partial charge >= 0.3 is 0 Å². The van der Waals surface area contributed by atoms with Crippen molar-refractivity contribution in [2.45, 2.75) is 25.3 Å². The van der Waals surface area contributed by atoms with Gasteiger partial charge in [0.05, 0.1) is 10.5 Å². The number of anilines is 1. The van der Waals surface area contributed by atoms with Crippen molar-refractivity contribution in [1.82, 2.24) is 5.32 Å². The smallest absolute Gasteiger partial charge is 0.295 e. The van der Waals surface area contributed by atoms with Crippen molar-refractivity contribution in [3.05, 3.63) is 34.1 Å². The lowest BCUT2D eigenvalue weighted by Crippen LogP contribution is -2.48. The van der Waals surface area contributed by atoms with Gasteiger partial charge in [-0.05, 0) is 32.4 Å². The highest BCUT2D eigenvalue weighted by atomic mass is 19.1. The van der Waals surface area contributed by atoms with Crippen LogP contribution in [0.15, 0.2) is 18.2 Å². The summed E-state index contributed by atoms with van der Waals surface area (Å²) < 4.78 is 13.6. The Kier molecular flexibility index (Phi) is 3.48. The molecule has 0 aliphatic carbocycles. The van der Waals surface area contributed by atoms with Crippen molar-refractivity contribution >= 4 is 17.3 Å². The van der Waals surface area contributed by atoms with Crippen LogP contribution in [0.25, 0.3) is 0 Å². The molecule has 1 fully saturated rings. The first-order chi connectivity index (χ1) is 8.94. The topological polar surface area (TPSA) is 84.3 Å². The molecule has 0 bridgehead atoms. The zero-order valence-corrected chi connectivity index (χ0v) is 10.4. The van der Waals surface area contributed by atoms with Gasteiger partial charge in [0, 0.05) is 6.07 Å². The molecular weight excluding hydrogens is 253 g/mol. The van der Waals surface area contributed by atoms with E-state index in [1.807, 2.05) is 0 Å². The highest BCUT2D eigenvalue weighted by molar-refractivity contribution is 5.99. The summed E-state index contributed by atoms with van der Waals surface area (Å²) in [7, 11) is 0. The Morgan fingerprint density at radius 1 is 1.58 bits per heavy atom. The van der Waals surface area contributed by atoms with Gasteiger partial charge in [-0.15, -0.1) is 0 Å². The van der Waals surface area contributed by atoms with E-state index in [-0.39, 0.29) is 5.69 Å². The molecule has 1 heterocycles. The molecule has 0 aromatic heterocycles. The first-order valence-corrected chi connectivity index (χ1v) is 5.93. The number of hydrogen-bond donors (Lipinski definition) is 2. The van der Waals surface area contributed by atoms with Crippen LogP contribution in [0.1, 0.15) is 19.8 Å². The van der Waals surface area contributed by atoms with Crippen molar-refractivity contribution in [3.8, 4) is 0 Å². The molecule has 7 heteroatoms. The van der Waals surface area contributed by atoms with Crippen LogP contribution < -0.4 is 10.6 Å². The number of carbonyl (C=O) groups excluding carboxylic acids is 1. The zero-order chi connectivity index (χ0) is 14.0. The van der Waals surface area contributed by atoms with Gasteiger partial charge in [0.1, 0.15) is 0 Å². The number of para-hydroxylation sites is 1. The number of nitrogens with zero attached hydrogens (tertiary/aromatic N) is 1. The third kappa shape index (κ3) is 2.55. The van der Waals surface area contributed by atoms with E-state index in [4.69, 9.17) is 0 Å². The molecule has 2 rings (SSSR count). The van der Waals surface area contributed by atoms with Gasteiger partial charge in [-0.25, -0.2) is 4.39 Å². The van der Waals surface area contributed by atoms with Gasteiger partial charge in [0.15, 0.2) is 11.5 Å². The second-order valence-corrected chi connectivity index (χ2v) is 4.71. The summed E-state index contributed by atoms with van der Waals surface area (Å²) in [6.07, 6.45) is 1.45. The molecule has 6 nitrogen and oxygen atoms in total. The second-order valence-electron chi connectivity index (χ2n) is 4.71. The lowest BCUT2D eigenvalue weighted by atomic mass is 9.99. The molecule has 1 aromatic carbocycles. The number of benzene rings is 1. The number of rotatable bonds is 3. The third-order valence-electron chi connectivity index (χ3n) is 3.30. The van der Waals surface area contributed by atoms with E-state index in [1.54, 1.807) is 6.92 Å². The Labute approximate surface area is 109 Å². The molecule has 1 amide bonds. The number of nitro benzene ring substituents is 1. The van der Waals surface area contributed by atoms with Gasteiger partial charge in [0.25, 0.3) is 5.69 Å². The Balaban J connectivity index is 2.28. The molecule has 2 N–H and O–H groups in total. The minimum atomic E-state index is -0.816. The van der Waals surface area contributed by atoms with E-state index in [2.05, 4.69) is 10.6 Å². The summed E-state index contributed by atoms with van der Waals surface area (Å²) in [4.78, 5) is 22.2. The number of nitrogens with one attached hydrogen (secondary N) is 2. The molecule has 1 atom stereocenters. The Morgan fingerprint density at radius 2 is 2.32 bits per heavy atom. The summed E-state index contributed by atoms with van der Waals surface area (Å²) in [6, 6.07) is 3.47. The highest BCUT2D eigenvalue weighted by Crippen LogP contribution is 2.29. The van der Waals surface area contributed by atoms with E-state index < -0.39 is 27.9 Å². The molecule has 1 saturated heterocycles. The zero-order valence-electron chi connectivity index (χ0n) is 10.4. The monoisotopic (exact) mass is 267 g/mol. The fraction of sp³-hybridized carbons (Fsp3) is 0.417. The van der Waals surface area contributed by atoms with Crippen LogP contribution in [0.2, 0.25) is 0 Å². The first kappa shape index (κ1) is 13.4. The van der Waals surface area contributed by atoms with Gasteiger partial charge in [-0.2, -0.15) is 0 Å². The molecule has 1 aliphatic heterocycles. The van der Waals surface area contributed by atoms with E-state index in [9.17, 15) is 19.3 Å². The van der Waals surface area contributed by atoms with Crippen molar-refractivity contribution < 1.29 is 14.1 Å². The van der Waals surface area contributed by atoms with Crippen molar-refractivity contribution in [2.75, 3.05) is 11.9 Å². The van der Waals surface area contributed by atoms with Crippen LogP contribution in [0, 0.1) is 15.9 Å². The summed E-state index contributed by atoms with van der Waals surface area (Å²) in [5.41, 5.74) is -1.64. The standard InChI is InChI=1S/C12H14FN3O3/c1-12(6-3-7-14-12)11(17)15-10-8(13)4-2-5-9(10)16(18)19/h2,4-5,14H,3,6-7H2,1H3,(H,15,17). The van der Waals surface area contributed by atoms with Crippen LogP contribution >= 0.6 is 0 Å². The lowest BCUT2D eigenvalue weighted by molar-refractivity contribution is -0.384. The van der Waals surface area contributed by atoms with Crippen LogP contribution in [-0.2, 0) is 4.79 Å². The van der Waals surface area contributed by atoms with Crippen molar-refractivity contribution in [3.63, 3.8) is 0 Å². The molecule has 1 aromatic rings. The predicted molar refractivity (Wildman–Crippen MR) is 67.3 cm³/mol. The van der Waals surface area contributed by atoms with Crippen LogP contribution in [0.5, 0.6) is 0 Å². The number of carbonyl (C=O) groups is 1. The summed E-state index contributed by atoms with van der Waals surface area (Å²) in [5.74, 6) is -1.28. The SMILES string of the molecule is CC1(C(=O)Nc2c(F)cccc2[N+](=O)[O-])CCCN1. The first-order valence-electron chi connectivity index (χ1n) is 5.93. The molecule has 0 saturated carbocycles. The fourth-order valence-electron chi connectivity index (χ4n) is 2.13. The lowest BCUT2D eigenvalue weighted by Gasteiger charge is -2.23. The summed E-state index contributed by atoms with van der Waals surface area (Å²) in [6.45, 7) is 2.39. The van der Waals surface area contributed by atoms with E-state index in [0.29, 0.717) is 13.0 Å². The maximum Gasteiger partial charge on any atom is 0.295 e. The summed E-state index contributed by atoms with van der Waals surface area (Å²) in [5, 5.41) is 16.2.